The van der Waals surface area contributed by atoms with E-state index in [1.54, 1.807) is 11.3 Å². The van der Waals surface area contributed by atoms with Crippen LogP contribution in [0.25, 0.3) is 10.1 Å². The Morgan fingerprint density at radius 3 is 2.93 bits per heavy atom. The van der Waals surface area contributed by atoms with Gasteiger partial charge in [-0.05, 0) is 54.3 Å². The molecular weight excluding hydrogens is 190 g/mol. The second-order valence-electron chi connectivity index (χ2n) is 3.92. The number of nitrogens with two attached hydrogens (primary N) is 1. The zero-order chi connectivity index (χ0) is 10.1. The monoisotopic (exact) mass is 205 g/mol. The summed E-state index contributed by atoms with van der Waals surface area (Å²) in [5.41, 5.74) is 8.56. The minimum Gasteiger partial charge on any atom is -0.328 e. The Hall–Kier alpha value is -0.860. The number of benzene rings is 1. The van der Waals surface area contributed by atoms with Gasteiger partial charge in [-0.2, -0.15) is 0 Å². The van der Waals surface area contributed by atoms with E-state index < -0.39 is 0 Å². The number of hydrogen-bond donors (Lipinski definition) is 1. The second kappa shape index (κ2) is 3.71. The van der Waals surface area contributed by atoms with Crippen LogP contribution in [0.15, 0.2) is 23.6 Å². The van der Waals surface area contributed by atoms with Crippen molar-refractivity contribution in [1.29, 1.82) is 0 Å². The van der Waals surface area contributed by atoms with E-state index in [9.17, 15) is 0 Å². The number of rotatable bonds is 2. The van der Waals surface area contributed by atoms with Crippen LogP contribution in [0.2, 0.25) is 0 Å². The minimum atomic E-state index is 0.242. The smallest absolute Gasteiger partial charge is 0.0345 e. The number of thiophene rings is 1. The Bertz CT molecular complexity index is 443. The molecule has 2 heteroatoms. The molecule has 1 unspecified atom stereocenters. The molecule has 2 aromatic rings. The van der Waals surface area contributed by atoms with Crippen LogP contribution >= 0.6 is 11.3 Å². The first-order valence-corrected chi connectivity index (χ1v) is 5.77. The summed E-state index contributed by atoms with van der Waals surface area (Å²) in [4.78, 5) is 0. The first-order valence-electron chi connectivity index (χ1n) is 4.89. The third-order valence-electron chi connectivity index (χ3n) is 2.45. The average Bonchev–Trinajstić information content (AvgIpc) is 2.51. The molecule has 1 nitrogen and oxygen atoms in total. The van der Waals surface area contributed by atoms with E-state index in [0.29, 0.717) is 0 Å². The van der Waals surface area contributed by atoms with Gasteiger partial charge in [-0.15, -0.1) is 11.3 Å². The van der Waals surface area contributed by atoms with Crippen LogP contribution in [-0.4, -0.2) is 6.04 Å². The minimum absolute atomic E-state index is 0.242. The number of aryl methyl sites for hydroxylation is 1. The maximum Gasteiger partial charge on any atom is 0.0345 e. The SMILES string of the molecule is Cc1cc2ccsc2cc1CC(C)N. The summed E-state index contributed by atoms with van der Waals surface area (Å²) in [5, 5.41) is 3.49. The van der Waals surface area contributed by atoms with Crippen molar-refractivity contribution in [3.8, 4) is 0 Å². The molecule has 2 rings (SSSR count). The Morgan fingerprint density at radius 1 is 1.43 bits per heavy atom. The van der Waals surface area contributed by atoms with Crippen LogP contribution in [0.4, 0.5) is 0 Å². The normalized spacial score (nSPS) is 13.4. The lowest BCUT2D eigenvalue weighted by atomic mass is 10.0. The standard InChI is InChI=1S/C12H15NS/c1-8-5-10-3-4-14-12(10)7-11(8)6-9(2)13/h3-5,7,9H,6,13H2,1-2H3. The van der Waals surface area contributed by atoms with Crippen molar-refractivity contribution >= 4 is 21.4 Å². The molecule has 0 aliphatic rings. The molecule has 0 aliphatic heterocycles. The quantitative estimate of drug-likeness (QED) is 0.801. The van der Waals surface area contributed by atoms with Crippen LogP contribution in [0.1, 0.15) is 18.1 Å². The van der Waals surface area contributed by atoms with Gasteiger partial charge in [0.05, 0.1) is 0 Å². The molecule has 0 fully saturated rings. The highest BCUT2D eigenvalue weighted by atomic mass is 32.1. The fraction of sp³-hybridized carbons (Fsp3) is 0.333. The van der Waals surface area contributed by atoms with Crippen molar-refractivity contribution in [2.45, 2.75) is 26.3 Å². The van der Waals surface area contributed by atoms with Gasteiger partial charge >= 0.3 is 0 Å². The first-order chi connectivity index (χ1) is 6.66. The van der Waals surface area contributed by atoms with Gasteiger partial charge in [0.15, 0.2) is 0 Å². The number of fused-ring (bicyclic) bond motifs is 1. The van der Waals surface area contributed by atoms with Crippen molar-refractivity contribution in [3.05, 3.63) is 34.7 Å². The first kappa shape index (κ1) is 9.69. The van der Waals surface area contributed by atoms with E-state index in [1.807, 2.05) is 0 Å². The molecule has 74 valence electrons. The molecule has 0 bridgehead atoms. The van der Waals surface area contributed by atoms with Gasteiger partial charge in [0, 0.05) is 10.7 Å². The lowest BCUT2D eigenvalue weighted by Gasteiger charge is -2.08. The zero-order valence-electron chi connectivity index (χ0n) is 8.58. The van der Waals surface area contributed by atoms with Crippen LogP contribution in [-0.2, 0) is 6.42 Å². The van der Waals surface area contributed by atoms with E-state index in [-0.39, 0.29) is 6.04 Å². The maximum atomic E-state index is 5.82. The van der Waals surface area contributed by atoms with Crippen molar-refractivity contribution < 1.29 is 0 Å². The van der Waals surface area contributed by atoms with E-state index in [1.165, 1.54) is 21.2 Å². The summed E-state index contributed by atoms with van der Waals surface area (Å²) < 4.78 is 1.37. The van der Waals surface area contributed by atoms with Crippen molar-refractivity contribution in [1.82, 2.24) is 0 Å². The summed E-state index contributed by atoms with van der Waals surface area (Å²) in [6.07, 6.45) is 0.972. The second-order valence-corrected chi connectivity index (χ2v) is 4.87. The highest BCUT2D eigenvalue weighted by Gasteiger charge is 2.04. The summed E-state index contributed by atoms with van der Waals surface area (Å²) in [6.45, 7) is 4.22. The van der Waals surface area contributed by atoms with Crippen LogP contribution in [0.3, 0.4) is 0 Å². The molecule has 1 aromatic heterocycles. The zero-order valence-corrected chi connectivity index (χ0v) is 9.40. The molecule has 0 amide bonds. The molecule has 2 N–H and O–H groups in total. The summed E-state index contributed by atoms with van der Waals surface area (Å²) in [7, 11) is 0. The Labute approximate surface area is 88.6 Å². The summed E-state index contributed by atoms with van der Waals surface area (Å²) in [5.74, 6) is 0. The molecular formula is C12H15NS. The van der Waals surface area contributed by atoms with E-state index in [0.717, 1.165) is 6.42 Å². The molecule has 0 radical (unpaired) electrons. The lowest BCUT2D eigenvalue weighted by molar-refractivity contribution is 0.735. The highest BCUT2D eigenvalue weighted by Crippen LogP contribution is 2.25. The van der Waals surface area contributed by atoms with Gasteiger partial charge < -0.3 is 5.73 Å². The average molecular weight is 205 g/mol. The largest absolute Gasteiger partial charge is 0.328 e. The fourth-order valence-corrected chi connectivity index (χ4v) is 2.57. The summed E-state index contributed by atoms with van der Waals surface area (Å²) in [6, 6.07) is 6.94. The highest BCUT2D eigenvalue weighted by molar-refractivity contribution is 7.17. The topological polar surface area (TPSA) is 26.0 Å². The molecule has 14 heavy (non-hydrogen) atoms. The van der Waals surface area contributed by atoms with Gasteiger partial charge in [-0.1, -0.05) is 6.07 Å². The third kappa shape index (κ3) is 1.81. The fourth-order valence-electron chi connectivity index (χ4n) is 1.73. The third-order valence-corrected chi connectivity index (χ3v) is 3.33. The molecule has 0 saturated heterocycles. The van der Waals surface area contributed by atoms with E-state index >= 15 is 0 Å². The van der Waals surface area contributed by atoms with Crippen molar-refractivity contribution in [3.63, 3.8) is 0 Å². The van der Waals surface area contributed by atoms with Gasteiger partial charge in [-0.25, -0.2) is 0 Å². The maximum absolute atomic E-state index is 5.82. The summed E-state index contributed by atoms with van der Waals surface area (Å²) >= 11 is 1.80. The molecule has 1 atom stereocenters. The predicted octanol–water partition coefficient (Wildman–Crippen LogP) is 3.10. The van der Waals surface area contributed by atoms with Crippen molar-refractivity contribution in [2.24, 2.45) is 5.73 Å². The van der Waals surface area contributed by atoms with Gasteiger partial charge in [-0.3, -0.25) is 0 Å². The molecule has 0 aliphatic carbocycles. The van der Waals surface area contributed by atoms with Crippen LogP contribution in [0.5, 0.6) is 0 Å². The Morgan fingerprint density at radius 2 is 2.21 bits per heavy atom. The van der Waals surface area contributed by atoms with Gasteiger partial charge in [0.25, 0.3) is 0 Å². The Kier molecular flexibility index (Phi) is 2.57. The van der Waals surface area contributed by atoms with Gasteiger partial charge in [0.2, 0.25) is 0 Å². The molecule has 1 aromatic carbocycles. The lowest BCUT2D eigenvalue weighted by Crippen LogP contribution is -2.18. The molecule has 0 spiro atoms. The molecule has 1 heterocycles. The van der Waals surface area contributed by atoms with Crippen molar-refractivity contribution in [2.75, 3.05) is 0 Å². The Balaban J connectivity index is 2.48. The van der Waals surface area contributed by atoms with Crippen LogP contribution in [0, 0.1) is 6.92 Å². The van der Waals surface area contributed by atoms with E-state index in [2.05, 4.69) is 37.4 Å². The van der Waals surface area contributed by atoms with E-state index in [4.69, 9.17) is 5.73 Å². The predicted molar refractivity (Wildman–Crippen MR) is 63.9 cm³/mol. The molecule has 0 saturated carbocycles. The van der Waals surface area contributed by atoms with Crippen LogP contribution < -0.4 is 5.73 Å². The number of hydrogen-bond acceptors (Lipinski definition) is 2. The van der Waals surface area contributed by atoms with Gasteiger partial charge in [0.1, 0.15) is 0 Å².